The van der Waals surface area contributed by atoms with Crippen molar-refractivity contribution in [1.29, 1.82) is 0 Å². The van der Waals surface area contributed by atoms with Gasteiger partial charge in [-0.2, -0.15) is 4.31 Å². The summed E-state index contributed by atoms with van der Waals surface area (Å²) in [5.74, 6) is 0.928. The summed E-state index contributed by atoms with van der Waals surface area (Å²) in [6, 6.07) is 0. The summed E-state index contributed by atoms with van der Waals surface area (Å²) in [4.78, 5) is 5.25. The van der Waals surface area contributed by atoms with E-state index in [1.54, 1.807) is 26.4 Å². The number of nitrogens with two attached hydrogens (primary N) is 1. The lowest BCUT2D eigenvalue weighted by atomic mass is 10.2. The molecule has 0 aromatic carbocycles. The zero-order chi connectivity index (χ0) is 15.8. The molecule has 8 heteroatoms. The quantitative estimate of drug-likeness (QED) is 0.905. The van der Waals surface area contributed by atoms with E-state index >= 15 is 0 Å². The Labute approximate surface area is 128 Å². The Morgan fingerprint density at radius 1 is 1.33 bits per heavy atom. The molecule has 0 spiro atoms. The number of hydrogen-bond acceptors (Lipinski definition) is 6. The van der Waals surface area contributed by atoms with Gasteiger partial charge in [-0.25, -0.2) is 13.4 Å². The summed E-state index contributed by atoms with van der Waals surface area (Å²) in [7, 11) is -2.09. The van der Waals surface area contributed by atoms with Gasteiger partial charge in [-0.1, -0.05) is 0 Å². The highest BCUT2D eigenvalue weighted by atomic mass is 32.2. The fourth-order valence-electron chi connectivity index (χ4n) is 2.20. The van der Waals surface area contributed by atoms with Crippen LogP contribution in [0.4, 0.5) is 0 Å². The second-order valence-corrected chi connectivity index (χ2v) is 7.77. The summed E-state index contributed by atoms with van der Waals surface area (Å²) in [5, 5.41) is 0. The molecule has 21 heavy (non-hydrogen) atoms. The van der Waals surface area contributed by atoms with E-state index in [2.05, 4.69) is 4.98 Å². The highest BCUT2D eigenvalue weighted by Crippen LogP contribution is 2.29. The number of rotatable bonds is 5. The van der Waals surface area contributed by atoms with Crippen LogP contribution >= 0.6 is 11.3 Å². The van der Waals surface area contributed by atoms with Gasteiger partial charge in [0.1, 0.15) is 16.4 Å². The van der Waals surface area contributed by atoms with Gasteiger partial charge < -0.3 is 10.2 Å². The van der Waals surface area contributed by atoms with Crippen LogP contribution in [0.3, 0.4) is 0 Å². The minimum Gasteiger partial charge on any atom is -0.465 e. The molecule has 2 rings (SSSR count). The molecule has 0 saturated heterocycles. The van der Waals surface area contributed by atoms with Gasteiger partial charge in [0.05, 0.1) is 11.2 Å². The van der Waals surface area contributed by atoms with Gasteiger partial charge in [0.25, 0.3) is 0 Å². The predicted octanol–water partition coefficient (Wildman–Crippen LogP) is 1.94. The van der Waals surface area contributed by atoms with Crippen molar-refractivity contribution in [3.8, 4) is 0 Å². The van der Waals surface area contributed by atoms with E-state index in [4.69, 9.17) is 10.2 Å². The maximum absolute atomic E-state index is 12.8. The van der Waals surface area contributed by atoms with Gasteiger partial charge in [0, 0.05) is 30.6 Å². The van der Waals surface area contributed by atoms with Gasteiger partial charge in [-0.3, -0.25) is 0 Å². The molecule has 6 nitrogen and oxygen atoms in total. The molecular formula is C13H19N3O3S2. The highest BCUT2D eigenvalue weighted by Gasteiger charge is 2.30. The minimum absolute atomic E-state index is 0.130. The SMILES string of the molecule is Cc1ncsc1CN(C)S(=O)(=O)c1c(C)oc(C)c1CN. The van der Waals surface area contributed by atoms with Gasteiger partial charge in [-0.15, -0.1) is 11.3 Å². The van der Waals surface area contributed by atoms with E-state index < -0.39 is 10.0 Å². The Bertz CT molecular complexity index is 747. The fourth-order valence-corrected chi connectivity index (χ4v) is 4.67. The molecule has 0 radical (unpaired) electrons. The van der Waals surface area contributed by atoms with Crippen molar-refractivity contribution in [2.75, 3.05) is 7.05 Å². The van der Waals surface area contributed by atoms with E-state index in [1.807, 2.05) is 6.92 Å². The monoisotopic (exact) mass is 329 g/mol. The third-order valence-electron chi connectivity index (χ3n) is 3.41. The van der Waals surface area contributed by atoms with Gasteiger partial charge >= 0.3 is 0 Å². The number of aryl methyl sites for hydroxylation is 3. The van der Waals surface area contributed by atoms with Crippen LogP contribution < -0.4 is 5.73 Å². The minimum atomic E-state index is -3.65. The zero-order valence-electron chi connectivity index (χ0n) is 12.5. The first-order valence-electron chi connectivity index (χ1n) is 6.43. The Morgan fingerprint density at radius 2 is 2.00 bits per heavy atom. The molecule has 0 unspecified atom stereocenters. The third kappa shape index (κ3) is 2.89. The van der Waals surface area contributed by atoms with Crippen molar-refractivity contribution in [1.82, 2.24) is 9.29 Å². The molecule has 0 amide bonds. The predicted molar refractivity (Wildman–Crippen MR) is 81.6 cm³/mol. The lowest BCUT2D eigenvalue weighted by Crippen LogP contribution is -2.27. The summed E-state index contributed by atoms with van der Waals surface area (Å²) in [5.41, 5.74) is 8.77. The number of nitrogens with zero attached hydrogens (tertiary/aromatic N) is 2. The van der Waals surface area contributed by atoms with E-state index in [9.17, 15) is 8.42 Å². The molecule has 0 fully saturated rings. The number of sulfonamides is 1. The molecule has 0 aliphatic heterocycles. The Balaban J connectivity index is 2.40. The van der Waals surface area contributed by atoms with Gasteiger partial charge in [0.15, 0.2) is 0 Å². The van der Waals surface area contributed by atoms with Crippen LogP contribution in [0, 0.1) is 20.8 Å². The highest BCUT2D eigenvalue weighted by molar-refractivity contribution is 7.89. The van der Waals surface area contributed by atoms with E-state index in [-0.39, 0.29) is 18.0 Å². The van der Waals surface area contributed by atoms with Gasteiger partial charge in [0.2, 0.25) is 10.0 Å². The van der Waals surface area contributed by atoms with Crippen molar-refractivity contribution in [2.24, 2.45) is 5.73 Å². The molecule has 116 valence electrons. The van der Waals surface area contributed by atoms with E-state index in [1.165, 1.54) is 15.6 Å². The third-order valence-corrected chi connectivity index (χ3v) is 6.33. The normalized spacial score (nSPS) is 12.3. The summed E-state index contributed by atoms with van der Waals surface area (Å²) in [6.07, 6.45) is 0. The first kappa shape index (κ1) is 16.2. The first-order chi connectivity index (χ1) is 9.78. The lowest BCUT2D eigenvalue weighted by molar-refractivity contribution is 0.461. The largest absolute Gasteiger partial charge is 0.465 e. The molecular weight excluding hydrogens is 310 g/mol. The van der Waals surface area contributed by atoms with E-state index in [0.29, 0.717) is 17.1 Å². The smallest absolute Gasteiger partial charge is 0.246 e. The van der Waals surface area contributed by atoms with Crippen LogP contribution in [-0.4, -0.2) is 24.8 Å². The molecule has 2 aromatic heterocycles. The molecule has 2 aromatic rings. The van der Waals surface area contributed by atoms with Crippen LogP contribution in [0.25, 0.3) is 0 Å². The number of aromatic nitrogens is 1. The summed E-state index contributed by atoms with van der Waals surface area (Å²) < 4.78 is 32.3. The molecule has 0 atom stereocenters. The first-order valence-corrected chi connectivity index (χ1v) is 8.75. The average Bonchev–Trinajstić information content (AvgIpc) is 2.92. The van der Waals surface area contributed by atoms with Crippen molar-refractivity contribution in [3.05, 3.63) is 33.2 Å². The van der Waals surface area contributed by atoms with Crippen molar-refractivity contribution in [2.45, 2.75) is 38.8 Å². The molecule has 0 aliphatic rings. The maximum Gasteiger partial charge on any atom is 0.246 e. The average molecular weight is 329 g/mol. The zero-order valence-corrected chi connectivity index (χ0v) is 14.1. The Kier molecular flexibility index (Phi) is 4.52. The van der Waals surface area contributed by atoms with Crippen molar-refractivity contribution >= 4 is 21.4 Å². The Hall–Kier alpha value is -1.22. The van der Waals surface area contributed by atoms with Crippen molar-refractivity contribution < 1.29 is 12.8 Å². The topological polar surface area (TPSA) is 89.4 Å². The lowest BCUT2D eigenvalue weighted by Gasteiger charge is -2.17. The molecule has 0 saturated carbocycles. The number of furan rings is 1. The van der Waals surface area contributed by atoms with Crippen LogP contribution in [0.5, 0.6) is 0 Å². The Morgan fingerprint density at radius 3 is 2.52 bits per heavy atom. The van der Waals surface area contributed by atoms with Crippen molar-refractivity contribution in [3.63, 3.8) is 0 Å². The standard InChI is InChI=1S/C13H19N3O3S2/c1-8-12(20-7-15-8)6-16(4)21(17,18)13-10(3)19-9(2)11(13)5-14/h7H,5-6,14H2,1-4H3. The van der Waals surface area contributed by atoms with Crippen LogP contribution in [0.2, 0.25) is 0 Å². The molecule has 0 bridgehead atoms. The summed E-state index contributed by atoms with van der Waals surface area (Å²) >= 11 is 1.44. The maximum atomic E-state index is 12.8. The van der Waals surface area contributed by atoms with Crippen LogP contribution in [0.15, 0.2) is 14.8 Å². The fraction of sp³-hybridized carbons (Fsp3) is 0.462. The van der Waals surface area contributed by atoms with E-state index in [0.717, 1.165) is 10.6 Å². The van der Waals surface area contributed by atoms with Gasteiger partial charge in [-0.05, 0) is 20.8 Å². The number of hydrogen-bond donors (Lipinski definition) is 1. The molecule has 0 aliphatic carbocycles. The van der Waals surface area contributed by atoms with Crippen LogP contribution in [-0.2, 0) is 23.1 Å². The molecule has 2 N–H and O–H groups in total. The summed E-state index contributed by atoms with van der Waals surface area (Å²) in [6.45, 7) is 5.65. The second kappa shape index (κ2) is 5.88. The molecule has 2 heterocycles. The number of thiazole rings is 1. The second-order valence-electron chi connectivity index (χ2n) is 4.85. The van der Waals surface area contributed by atoms with Crippen LogP contribution in [0.1, 0.15) is 27.7 Å².